The predicted octanol–water partition coefficient (Wildman–Crippen LogP) is 4.17. The van der Waals surface area contributed by atoms with E-state index in [2.05, 4.69) is 36.4 Å². The average Bonchev–Trinajstić information content (AvgIpc) is 2.45. The van der Waals surface area contributed by atoms with Crippen molar-refractivity contribution < 1.29 is 4.74 Å². The molecule has 0 saturated heterocycles. The van der Waals surface area contributed by atoms with Gasteiger partial charge in [-0.2, -0.15) is 0 Å². The predicted molar refractivity (Wildman–Crippen MR) is 84.5 cm³/mol. The molecule has 0 fully saturated rings. The molecule has 0 spiro atoms. The second-order valence-corrected chi connectivity index (χ2v) is 6.02. The number of nitrogens with two attached hydrogens (primary N) is 1. The summed E-state index contributed by atoms with van der Waals surface area (Å²) in [7, 11) is 0. The van der Waals surface area contributed by atoms with E-state index in [9.17, 15) is 0 Å². The number of benzene rings is 2. The van der Waals surface area contributed by atoms with Crippen molar-refractivity contribution in [2.24, 2.45) is 5.73 Å². The van der Waals surface area contributed by atoms with Gasteiger partial charge in [-0.15, -0.1) is 0 Å². The molecule has 1 atom stereocenters. The van der Waals surface area contributed by atoms with Crippen molar-refractivity contribution in [3.63, 3.8) is 0 Å². The first-order valence-corrected chi connectivity index (χ1v) is 7.01. The van der Waals surface area contributed by atoms with Crippen molar-refractivity contribution in [2.75, 3.05) is 6.61 Å². The van der Waals surface area contributed by atoms with Crippen LogP contribution >= 0.6 is 0 Å². The van der Waals surface area contributed by atoms with Gasteiger partial charge in [0.05, 0.1) is 18.2 Å². The van der Waals surface area contributed by atoms with Crippen LogP contribution in [-0.2, 0) is 4.74 Å². The van der Waals surface area contributed by atoms with Crippen molar-refractivity contribution in [1.82, 2.24) is 0 Å². The molecule has 2 nitrogen and oxygen atoms in total. The van der Waals surface area contributed by atoms with Crippen LogP contribution < -0.4 is 5.73 Å². The summed E-state index contributed by atoms with van der Waals surface area (Å²) in [6.45, 7) is 6.66. The molecule has 2 heteroatoms. The normalized spacial score (nSPS) is 13.2. The zero-order valence-electron chi connectivity index (χ0n) is 12.5. The highest BCUT2D eigenvalue weighted by atomic mass is 16.5. The minimum Gasteiger partial charge on any atom is -0.374 e. The average molecular weight is 269 g/mol. The van der Waals surface area contributed by atoms with Crippen molar-refractivity contribution in [3.8, 4) is 11.1 Å². The summed E-state index contributed by atoms with van der Waals surface area (Å²) < 4.78 is 5.74. The summed E-state index contributed by atoms with van der Waals surface area (Å²) >= 11 is 0. The molecule has 0 bridgehead atoms. The van der Waals surface area contributed by atoms with Crippen LogP contribution in [0, 0.1) is 0 Å². The summed E-state index contributed by atoms with van der Waals surface area (Å²) in [6, 6.07) is 18.6. The Kier molecular flexibility index (Phi) is 4.58. The maximum absolute atomic E-state index is 6.17. The molecule has 0 saturated carbocycles. The first-order valence-electron chi connectivity index (χ1n) is 7.01. The van der Waals surface area contributed by atoms with E-state index in [1.165, 1.54) is 11.1 Å². The van der Waals surface area contributed by atoms with Crippen LogP contribution in [-0.4, -0.2) is 12.2 Å². The van der Waals surface area contributed by atoms with Crippen LogP contribution in [0.4, 0.5) is 0 Å². The first-order chi connectivity index (χ1) is 9.46. The summed E-state index contributed by atoms with van der Waals surface area (Å²) in [5, 5.41) is 0. The van der Waals surface area contributed by atoms with E-state index in [0.29, 0.717) is 6.61 Å². The van der Waals surface area contributed by atoms with Crippen molar-refractivity contribution >= 4 is 0 Å². The van der Waals surface area contributed by atoms with Gasteiger partial charge in [0.25, 0.3) is 0 Å². The number of hydrogen-bond acceptors (Lipinski definition) is 2. The maximum Gasteiger partial charge on any atom is 0.0666 e. The topological polar surface area (TPSA) is 35.2 Å². The molecule has 0 aromatic heterocycles. The third-order valence-electron chi connectivity index (χ3n) is 3.14. The van der Waals surface area contributed by atoms with Crippen molar-refractivity contribution in [2.45, 2.75) is 32.4 Å². The summed E-state index contributed by atoms with van der Waals surface area (Å²) in [5.74, 6) is 0. The molecule has 0 radical (unpaired) electrons. The van der Waals surface area contributed by atoms with Gasteiger partial charge >= 0.3 is 0 Å². The quantitative estimate of drug-likeness (QED) is 0.904. The van der Waals surface area contributed by atoms with Crippen LogP contribution in [0.3, 0.4) is 0 Å². The monoisotopic (exact) mass is 269 g/mol. The van der Waals surface area contributed by atoms with E-state index >= 15 is 0 Å². The van der Waals surface area contributed by atoms with Gasteiger partial charge in [0, 0.05) is 0 Å². The minimum absolute atomic E-state index is 0.0842. The van der Waals surface area contributed by atoms with Gasteiger partial charge in [0.1, 0.15) is 0 Å². The van der Waals surface area contributed by atoms with E-state index in [-0.39, 0.29) is 11.6 Å². The van der Waals surface area contributed by atoms with Crippen molar-refractivity contribution in [1.29, 1.82) is 0 Å². The molecular formula is C18H23NO. The number of ether oxygens (including phenoxy) is 1. The van der Waals surface area contributed by atoms with Crippen LogP contribution in [0.1, 0.15) is 32.4 Å². The van der Waals surface area contributed by atoms with Gasteiger partial charge in [-0.25, -0.2) is 0 Å². The Labute approximate surface area is 121 Å². The lowest BCUT2D eigenvalue weighted by Crippen LogP contribution is -2.26. The molecule has 106 valence electrons. The van der Waals surface area contributed by atoms with Crippen LogP contribution in [0.2, 0.25) is 0 Å². The Morgan fingerprint density at radius 2 is 1.45 bits per heavy atom. The largest absolute Gasteiger partial charge is 0.374 e. The van der Waals surface area contributed by atoms with Gasteiger partial charge in [0.2, 0.25) is 0 Å². The zero-order valence-corrected chi connectivity index (χ0v) is 12.5. The molecule has 1 unspecified atom stereocenters. The van der Waals surface area contributed by atoms with Gasteiger partial charge < -0.3 is 10.5 Å². The van der Waals surface area contributed by atoms with Crippen LogP contribution in [0.25, 0.3) is 11.1 Å². The van der Waals surface area contributed by atoms with Gasteiger partial charge in [-0.1, -0.05) is 54.6 Å². The number of hydrogen-bond donors (Lipinski definition) is 1. The highest BCUT2D eigenvalue weighted by Crippen LogP contribution is 2.22. The molecule has 0 aliphatic rings. The molecule has 20 heavy (non-hydrogen) atoms. The standard InChI is InChI=1S/C18H23NO/c1-18(2,3)20-13-17(19)16-11-9-15(10-12-16)14-7-5-4-6-8-14/h4-12,17H,13,19H2,1-3H3. The third kappa shape index (κ3) is 4.19. The Hall–Kier alpha value is -1.64. The molecule has 0 aliphatic heterocycles. The first kappa shape index (κ1) is 14.8. The van der Waals surface area contributed by atoms with Crippen LogP contribution in [0.5, 0.6) is 0 Å². The molecule has 2 aromatic carbocycles. The molecule has 2 aromatic rings. The molecule has 0 amide bonds. The lowest BCUT2D eigenvalue weighted by atomic mass is 10.0. The highest BCUT2D eigenvalue weighted by Gasteiger charge is 2.14. The summed E-state index contributed by atoms with van der Waals surface area (Å²) in [4.78, 5) is 0. The molecule has 2 rings (SSSR count). The Morgan fingerprint density at radius 3 is 2.00 bits per heavy atom. The second-order valence-electron chi connectivity index (χ2n) is 6.02. The van der Waals surface area contributed by atoms with Crippen LogP contribution in [0.15, 0.2) is 54.6 Å². The Morgan fingerprint density at radius 1 is 0.900 bits per heavy atom. The lowest BCUT2D eigenvalue weighted by Gasteiger charge is -2.22. The highest BCUT2D eigenvalue weighted by molar-refractivity contribution is 5.63. The van der Waals surface area contributed by atoms with E-state index in [0.717, 1.165) is 5.56 Å². The van der Waals surface area contributed by atoms with Crippen molar-refractivity contribution in [3.05, 3.63) is 60.2 Å². The van der Waals surface area contributed by atoms with Gasteiger partial charge in [-0.3, -0.25) is 0 Å². The molecular weight excluding hydrogens is 246 g/mol. The summed E-state index contributed by atoms with van der Waals surface area (Å²) in [5.41, 5.74) is 9.55. The second kappa shape index (κ2) is 6.21. The fourth-order valence-corrected chi connectivity index (χ4v) is 1.99. The van der Waals surface area contributed by atoms with E-state index in [1.807, 2.05) is 39.0 Å². The summed E-state index contributed by atoms with van der Waals surface area (Å²) in [6.07, 6.45) is 0. The Bertz CT molecular complexity index is 526. The smallest absolute Gasteiger partial charge is 0.0666 e. The maximum atomic E-state index is 6.17. The van der Waals surface area contributed by atoms with Gasteiger partial charge in [0.15, 0.2) is 0 Å². The van der Waals surface area contributed by atoms with Gasteiger partial charge in [-0.05, 0) is 37.5 Å². The Balaban J connectivity index is 2.05. The fourth-order valence-electron chi connectivity index (χ4n) is 1.99. The third-order valence-corrected chi connectivity index (χ3v) is 3.14. The SMILES string of the molecule is CC(C)(C)OCC(N)c1ccc(-c2ccccc2)cc1. The van der Waals surface area contributed by atoms with E-state index in [4.69, 9.17) is 10.5 Å². The zero-order chi connectivity index (χ0) is 14.6. The minimum atomic E-state index is -0.151. The number of rotatable bonds is 4. The van der Waals surface area contributed by atoms with E-state index in [1.54, 1.807) is 0 Å². The molecule has 0 aliphatic carbocycles. The van der Waals surface area contributed by atoms with E-state index < -0.39 is 0 Å². The molecule has 0 heterocycles. The lowest BCUT2D eigenvalue weighted by molar-refractivity contribution is -0.0102. The molecule has 2 N–H and O–H groups in total. The fraction of sp³-hybridized carbons (Fsp3) is 0.333.